The molecule has 2 aromatic carbocycles. The van der Waals surface area contributed by atoms with Crippen LogP contribution in [0.25, 0.3) is 0 Å². The van der Waals surface area contributed by atoms with E-state index in [0.29, 0.717) is 18.9 Å². The lowest BCUT2D eigenvalue weighted by Gasteiger charge is -2.10. The zero-order chi connectivity index (χ0) is 20.1. The number of furan rings is 1. The van der Waals surface area contributed by atoms with E-state index in [9.17, 15) is 0 Å². The van der Waals surface area contributed by atoms with Crippen molar-refractivity contribution in [2.75, 3.05) is 0 Å². The standard InChI is InChI=1S/C22H20ClN3O2S/c1-16-8-10-18(11-9-16)28-14-21-24-25-22(26(21)13-19-6-4-12-27-19)29-15-17-5-2-3-7-20(17)23/h2-12H,13-15H2,1H3. The minimum Gasteiger partial charge on any atom is -0.486 e. The molecule has 29 heavy (non-hydrogen) atoms. The van der Waals surface area contributed by atoms with Gasteiger partial charge in [0.1, 0.15) is 18.1 Å². The summed E-state index contributed by atoms with van der Waals surface area (Å²) in [6, 6.07) is 19.6. The Balaban J connectivity index is 1.52. The van der Waals surface area contributed by atoms with E-state index in [1.165, 1.54) is 5.56 Å². The van der Waals surface area contributed by atoms with Crippen LogP contribution in [0.5, 0.6) is 5.75 Å². The molecule has 2 aromatic heterocycles. The molecule has 0 bridgehead atoms. The summed E-state index contributed by atoms with van der Waals surface area (Å²) < 4.78 is 13.5. The monoisotopic (exact) mass is 425 g/mol. The summed E-state index contributed by atoms with van der Waals surface area (Å²) in [4.78, 5) is 0. The van der Waals surface area contributed by atoms with Crippen LogP contribution in [0, 0.1) is 6.92 Å². The molecular formula is C22H20ClN3O2S. The van der Waals surface area contributed by atoms with Gasteiger partial charge in [0.25, 0.3) is 0 Å². The summed E-state index contributed by atoms with van der Waals surface area (Å²) in [5.74, 6) is 3.08. The number of rotatable bonds is 8. The van der Waals surface area contributed by atoms with Crippen LogP contribution in [0.2, 0.25) is 5.02 Å². The number of ether oxygens (including phenoxy) is 1. The fourth-order valence-corrected chi connectivity index (χ4v) is 4.03. The molecule has 148 valence electrons. The van der Waals surface area contributed by atoms with Crippen molar-refractivity contribution < 1.29 is 9.15 Å². The fraction of sp³-hybridized carbons (Fsp3) is 0.182. The number of benzene rings is 2. The lowest BCUT2D eigenvalue weighted by Crippen LogP contribution is -2.09. The van der Waals surface area contributed by atoms with Crippen molar-refractivity contribution in [3.05, 3.63) is 94.7 Å². The first-order valence-electron chi connectivity index (χ1n) is 9.19. The topological polar surface area (TPSA) is 53.1 Å². The molecule has 0 radical (unpaired) electrons. The van der Waals surface area contributed by atoms with Gasteiger partial charge in [0, 0.05) is 10.8 Å². The van der Waals surface area contributed by atoms with Crippen LogP contribution in [-0.2, 0) is 18.9 Å². The van der Waals surface area contributed by atoms with E-state index in [1.54, 1.807) is 18.0 Å². The minimum absolute atomic E-state index is 0.323. The van der Waals surface area contributed by atoms with Crippen molar-refractivity contribution in [2.24, 2.45) is 0 Å². The first-order chi connectivity index (χ1) is 14.2. The SMILES string of the molecule is Cc1ccc(OCc2nnc(SCc3ccccc3Cl)n2Cc2ccco2)cc1. The normalized spacial score (nSPS) is 11.0. The van der Waals surface area contributed by atoms with E-state index in [-0.39, 0.29) is 0 Å². The van der Waals surface area contributed by atoms with E-state index >= 15 is 0 Å². The van der Waals surface area contributed by atoms with Crippen LogP contribution in [0.15, 0.2) is 76.5 Å². The Kier molecular flexibility index (Phi) is 6.22. The Bertz CT molecular complexity index is 1060. The number of aryl methyl sites for hydroxylation is 1. The van der Waals surface area contributed by atoms with Crippen molar-refractivity contribution >= 4 is 23.4 Å². The molecule has 0 aliphatic rings. The van der Waals surface area contributed by atoms with Gasteiger partial charge in [-0.25, -0.2) is 0 Å². The van der Waals surface area contributed by atoms with Gasteiger partial charge >= 0.3 is 0 Å². The number of aromatic nitrogens is 3. The number of nitrogens with zero attached hydrogens (tertiary/aromatic N) is 3. The van der Waals surface area contributed by atoms with E-state index < -0.39 is 0 Å². The maximum Gasteiger partial charge on any atom is 0.192 e. The van der Waals surface area contributed by atoms with E-state index in [4.69, 9.17) is 20.8 Å². The molecule has 4 aromatic rings. The lowest BCUT2D eigenvalue weighted by atomic mass is 10.2. The third-order valence-electron chi connectivity index (χ3n) is 4.39. The molecule has 2 heterocycles. The largest absolute Gasteiger partial charge is 0.486 e. The highest BCUT2D eigenvalue weighted by Crippen LogP contribution is 2.27. The predicted octanol–water partition coefficient (Wildman–Crippen LogP) is 5.75. The zero-order valence-corrected chi connectivity index (χ0v) is 17.5. The third-order valence-corrected chi connectivity index (χ3v) is 5.78. The van der Waals surface area contributed by atoms with Crippen LogP contribution >= 0.6 is 23.4 Å². The highest BCUT2D eigenvalue weighted by Gasteiger charge is 2.15. The Morgan fingerprint density at radius 1 is 1.03 bits per heavy atom. The lowest BCUT2D eigenvalue weighted by molar-refractivity contribution is 0.287. The van der Waals surface area contributed by atoms with E-state index in [0.717, 1.165) is 33.1 Å². The van der Waals surface area contributed by atoms with Gasteiger partial charge in [-0.15, -0.1) is 10.2 Å². The van der Waals surface area contributed by atoms with Crippen LogP contribution in [0.3, 0.4) is 0 Å². The first kappa shape index (κ1) is 19.6. The molecule has 0 unspecified atom stereocenters. The summed E-state index contributed by atoms with van der Waals surface area (Å²) in [5.41, 5.74) is 2.25. The molecule has 0 saturated heterocycles. The second-order valence-electron chi connectivity index (χ2n) is 6.55. The number of hydrogen-bond acceptors (Lipinski definition) is 5. The van der Waals surface area contributed by atoms with Crippen molar-refractivity contribution in [1.29, 1.82) is 0 Å². The summed E-state index contributed by atoms with van der Waals surface area (Å²) in [7, 11) is 0. The van der Waals surface area contributed by atoms with Crippen LogP contribution in [0.4, 0.5) is 0 Å². The molecule has 0 N–H and O–H groups in total. The summed E-state index contributed by atoms with van der Waals surface area (Å²) in [5, 5.41) is 10.3. The number of hydrogen-bond donors (Lipinski definition) is 0. The molecule has 0 aliphatic carbocycles. The number of halogens is 1. The average molecular weight is 426 g/mol. The van der Waals surface area contributed by atoms with Gasteiger partial charge in [0.15, 0.2) is 11.0 Å². The zero-order valence-electron chi connectivity index (χ0n) is 15.9. The van der Waals surface area contributed by atoms with Crippen LogP contribution in [-0.4, -0.2) is 14.8 Å². The second-order valence-corrected chi connectivity index (χ2v) is 7.90. The summed E-state index contributed by atoms with van der Waals surface area (Å²) >= 11 is 7.88. The van der Waals surface area contributed by atoms with Gasteiger partial charge in [-0.1, -0.05) is 59.3 Å². The predicted molar refractivity (Wildman–Crippen MR) is 114 cm³/mol. The van der Waals surface area contributed by atoms with Crippen molar-refractivity contribution in [3.63, 3.8) is 0 Å². The highest BCUT2D eigenvalue weighted by atomic mass is 35.5. The van der Waals surface area contributed by atoms with Gasteiger partial charge in [-0.05, 0) is 42.8 Å². The quantitative estimate of drug-likeness (QED) is 0.336. The van der Waals surface area contributed by atoms with Crippen LogP contribution < -0.4 is 4.74 Å². The molecule has 7 heteroatoms. The molecule has 0 amide bonds. The van der Waals surface area contributed by atoms with Gasteiger partial charge in [-0.2, -0.15) is 0 Å². The van der Waals surface area contributed by atoms with Crippen molar-refractivity contribution in [2.45, 2.75) is 31.0 Å². The average Bonchev–Trinajstić information content (AvgIpc) is 3.38. The summed E-state index contributed by atoms with van der Waals surface area (Å²) in [6.07, 6.45) is 1.67. The van der Waals surface area contributed by atoms with Gasteiger partial charge in [-0.3, -0.25) is 4.57 Å². The molecule has 4 rings (SSSR count). The minimum atomic E-state index is 0.323. The van der Waals surface area contributed by atoms with E-state index in [1.807, 2.05) is 72.2 Å². The van der Waals surface area contributed by atoms with Crippen LogP contribution in [0.1, 0.15) is 22.7 Å². The maximum atomic E-state index is 6.29. The third kappa shape index (κ3) is 5.02. The van der Waals surface area contributed by atoms with Crippen molar-refractivity contribution in [1.82, 2.24) is 14.8 Å². The summed E-state index contributed by atoms with van der Waals surface area (Å²) in [6.45, 7) is 2.91. The maximum absolute atomic E-state index is 6.29. The molecule has 0 saturated carbocycles. The molecule has 0 fully saturated rings. The van der Waals surface area contributed by atoms with Crippen molar-refractivity contribution in [3.8, 4) is 5.75 Å². The Morgan fingerprint density at radius 2 is 1.86 bits per heavy atom. The van der Waals surface area contributed by atoms with E-state index in [2.05, 4.69) is 10.2 Å². The number of thioether (sulfide) groups is 1. The molecular weight excluding hydrogens is 406 g/mol. The highest BCUT2D eigenvalue weighted by molar-refractivity contribution is 7.98. The molecule has 5 nitrogen and oxygen atoms in total. The van der Waals surface area contributed by atoms with Gasteiger partial charge in [0.05, 0.1) is 12.8 Å². The van der Waals surface area contributed by atoms with Gasteiger partial charge in [0.2, 0.25) is 0 Å². The fourth-order valence-electron chi connectivity index (χ4n) is 2.79. The molecule has 0 spiro atoms. The Morgan fingerprint density at radius 3 is 2.62 bits per heavy atom. The Labute approximate surface area is 178 Å². The second kappa shape index (κ2) is 9.20. The molecule has 0 atom stereocenters. The first-order valence-corrected chi connectivity index (χ1v) is 10.6. The van der Waals surface area contributed by atoms with Gasteiger partial charge < -0.3 is 9.15 Å². The Hall–Kier alpha value is -2.70. The smallest absolute Gasteiger partial charge is 0.192 e. The molecule has 0 aliphatic heterocycles.